The highest BCUT2D eigenvalue weighted by molar-refractivity contribution is 5.87. The molecule has 0 bridgehead atoms. The maximum Gasteiger partial charge on any atom is 0.356 e. The molecule has 0 saturated carbocycles. The lowest BCUT2D eigenvalue weighted by atomic mass is 9.96. The molecule has 3 rings (SSSR count). The van der Waals surface area contributed by atoms with Crippen LogP contribution < -0.4 is 0 Å². The molecule has 1 N–H and O–H groups in total. The maximum absolute atomic E-state index is 11.3. The minimum Gasteiger partial charge on any atom is -0.476 e. The second kappa shape index (κ2) is 4.39. The molecule has 2 aliphatic heterocycles. The first-order valence-corrected chi connectivity index (χ1v) is 6.60. The predicted octanol–water partition coefficient (Wildman–Crippen LogP) is 1.98. The fraction of sp³-hybridized carbons (Fsp3) is 0.692. The Hall–Kier alpha value is -1.36. The Morgan fingerprint density at radius 2 is 2.33 bits per heavy atom. The third-order valence-corrected chi connectivity index (χ3v) is 4.02. The zero-order valence-electron chi connectivity index (χ0n) is 10.6. The number of carboxylic acid groups (broad SMARTS) is 1. The number of ether oxygens (including phenoxy) is 1. The molecule has 2 unspecified atom stereocenters. The lowest BCUT2D eigenvalue weighted by Gasteiger charge is -2.23. The molecule has 0 radical (unpaired) electrons. The Bertz CT molecular complexity index is 475. The highest BCUT2D eigenvalue weighted by Crippen LogP contribution is 2.35. The minimum absolute atomic E-state index is 0.254. The first-order valence-electron chi connectivity index (χ1n) is 6.60. The molecule has 2 aliphatic rings. The van der Waals surface area contributed by atoms with E-state index in [1.807, 2.05) is 0 Å². The lowest BCUT2D eigenvalue weighted by Crippen LogP contribution is -2.18. The average molecular weight is 250 g/mol. The molecule has 0 aliphatic carbocycles. The molecule has 98 valence electrons. The van der Waals surface area contributed by atoms with Crippen molar-refractivity contribution in [2.45, 2.75) is 44.6 Å². The van der Waals surface area contributed by atoms with Gasteiger partial charge in [0.1, 0.15) is 5.82 Å². The van der Waals surface area contributed by atoms with Crippen molar-refractivity contribution in [3.8, 4) is 0 Å². The van der Waals surface area contributed by atoms with Gasteiger partial charge in [0, 0.05) is 19.1 Å². The van der Waals surface area contributed by atoms with E-state index in [-0.39, 0.29) is 17.5 Å². The van der Waals surface area contributed by atoms with Gasteiger partial charge < -0.3 is 14.4 Å². The van der Waals surface area contributed by atoms with E-state index < -0.39 is 5.97 Å². The lowest BCUT2D eigenvalue weighted by molar-refractivity contribution is 0.0688. The van der Waals surface area contributed by atoms with E-state index >= 15 is 0 Å². The molecule has 0 spiro atoms. The van der Waals surface area contributed by atoms with Crippen LogP contribution in [0.5, 0.6) is 0 Å². The van der Waals surface area contributed by atoms with Crippen LogP contribution in [0.4, 0.5) is 0 Å². The first kappa shape index (κ1) is 11.7. The Kier molecular flexibility index (Phi) is 2.86. The van der Waals surface area contributed by atoms with Crippen LogP contribution in [0.2, 0.25) is 0 Å². The smallest absolute Gasteiger partial charge is 0.356 e. The summed E-state index contributed by atoms with van der Waals surface area (Å²) in [6.45, 7) is 4.41. The fourth-order valence-electron chi connectivity index (χ4n) is 3.12. The molecule has 1 fully saturated rings. The van der Waals surface area contributed by atoms with E-state index in [1.165, 1.54) is 0 Å². The highest BCUT2D eigenvalue weighted by atomic mass is 16.5. The first-order chi connectivity index (χ1) is 8.68. The molecule has 5 nitrogen and oxygen atoms in total. The Morgan fingerprint density at radius 3 is 3.00 bits per heavy atom. The summed E-state index contributed by atoms with van der Waals surface area (Å²) in [6, 6.07) is 0. The summed E-state index contributed by atoms with van der Waals surface area (Å²) in [5, 5.41) is 9.31. The van der Waals surface area contributed by atoms with Crippen molar-refractivity contribution in [2.24, 2.45) is 0 Å². The summed E-state index contributed by atoms with van der Waals surface area (Å²) in [6.07, 6.45) is 3.10. The van der Waals surface area contributed by atoms with E-state index in [1.54, 1.807) is 0 Å². The van der Waals surface area contributed by atoms with Gasteiger partial charge in [0.2, 0.25) is 0 Å². The summed E-state index contributed by atoms with van der Waals surface area (Å²) in [7, 11) is 0. The SMILES string of the molecule is CC1CCCn2c(C3CCOC3)nc(C(=O)O)c21. The van der Waals surface area contributed by atoms with Gasteiger partial charge in [0.25, 0.3) is 0 Å². The second-order valence-electron chi connectivity index (χ2n) is 5.26. The molecule has 5 heteroatoms. The number of nitrogens with zero attached hydrogens (tertiary/aromatic N) is 2. The van der Waals surface area contributed by atoms with E-state index in [0.717, 1.165) is 43.9 Å². The van der Waals surface area contributed by atoms with Gasteiger partial charge in [0.05, 0.1) is 12.3 Å². The number of rotatable bonds is 2. The normalized spacial score (nSPS) is 27.2. The summed E-state index contributed by atoms with van der Waals surface area (Å²) in [4.78, 5) is 15.7. The second-order valence-corrected chi connectivity index (χ2v) is 5.26. The molecule has 1 saturated heterocycles. The van der Waals surface area contributed by atoms with Crippen LogP contribution in [0.1, 0.15) is 60.0 Å². The van der Waals surface area contributed by atoms with E-state index in [4.69, 9.17) is 4.74 Å². The van der Waals surface area contributed by atoms with Crippen molar-refractivity contribution in [2.75, 3.05) is 13.2 Å². The summed E-state index contributed by atoms with van der Waals surface area (Å²) in [5.74, 6) is 0.569. The van der Waals surface area contributed by atoms with Gasteiger partial charge in [-0.2, -0.15) is 0 Å². The number of hydrogen-bond acceptors (Lipinski definition) is 3. The molecular formula is C13H18N2O3. The van der Waals surface area contributed by atoms with Crippen LogP contribution in [-0.2, 0) is 11.3 Å². The number of fused-ring (bicyclic) bond motifs is 1. The van der Waals surface area contributed by atoms with Crippen molar-refractivity contribution < 1.29 is 14.6 Å². The molecule has 2 atom stereocenters. The van der Waals surface area contributed by atoms with Crippen LogP contribution in [-0.4, -0.2) is 33.8 Å². The van der Waals surface area contributed by atoms with Gasteiger partial charge in [-0.15, -0.1) is 0 Å². The monoisotopic (exact) mass is 250 g/mol. The van der Waals surface area contributed by atoms with Gasteiger partial charge in [-0.25, -0.2) is 9.78 Å². The van der Waals surface area contributed by atoms with Crippen molar-refractivity contribution in [1.29, 1.82) is 0 Å². The Morgan fingerprint density at radius 1 is 1.50 bits per heavy atom. The molecule has 18 heavy (non-hydrogen) atoms. The third-order valence-electron chi connectivity index (χ3n) is 4.02. The number of aromatic nitrogens is 2. The molecule has 0 aromatic carbocycles. The predicted molar refractivity (Wildman–Crippen MR) is 65.0 cm³/mol. The number of imidazole rings is 1. The summed E-state index contributed by atoms with van der Waals surface area (Å²) < 4.78 is 7.53. The summed E-state index contributed by atoms with van der Waals surface area (Å²) in [5.41, 5.74) is 1.17. The van der Waals surface area contributed by atoms with Crippen molar-refractivity contribution in [3.05, 3.63) is 17.2 Å². The number of aromatic carboxylic acids is 1. The number of carbonyl (C=O) groups is 1. The average Bonchev–Trinajstić information content (AvgIpc) is 2.95. The molecule has 1 aromatic heterocycles. The van der Waals surface area contributed by atoms with Crippen molar-refractivity contribution >= 4 is 5.97 Å². The highest BCUT2D eigenvalue weighted by Gasteiger charge is 2.32. The topological polar surface area (TPSA) is 64.4 Å². The van der Waals surface area contributed by atoms with Gasteiger partial charge in [-0.3, -0.25) is 0 Å². The zero-order valence-corrected chi connectivity index (χ0v) is 10.6. The minimum atomic E-state index is -0.905. The number of hydrogen-bond donors (Lipinski definition) is 1. The van der Waals surface area contributed by atoms with Crippen LogP contribution in [0.3, 0.4) is 0 Å². The standard InChI is InChI=1S/C13H18N2O3/c1-8-3-2-5-15-11(8)10(13(16)17)14-12(15)9-4-6-18-7-9/h8-9H,2-7H2,1H3,(H,16,17). The zero-order chi connectivity index (χ0) is 12.7. The van der Waals surface area contributed by atoms with Gasteiger partial charge in [-0.05, 0) is 25.2 Å². The van der Waals surface area contributed by atoms with E-state index in [2.05, 4.69) is 16.5 Å². The van der Waals surface area contributed by atoms with Crippen LogP contribution >= 0.6 is 0 Å². The van der Waals surface area contributed by atoms with Crippen LogP contribution in [0, 0.1) is 0 Å². The van der Waals surface area contributed by atoms with Gasteiger partial charge >= 0.3 is 5.97 Å². The van der Waals surface area contributed by atoms with Crippen LogP contribution in [0.25, 0.3) is 0 Å². The fourth-order valence-corrected chi connectivity index (χ4v) is 3.12. The number of carboxylic acids is 1. The molecule has 1 aromatic rings. The quantitative estimate of drug-likeness (QED) is 0.871. The van der Waals surface area contributed by atoms with Crippen LogP contribution in [0.15, 0.2) is 0 Å². The largest absolute Gasteiger partial charge is 0.476 e. The van der Waals surface area contributed by atoms with Gasteiger partial charge in [0.15, 0.2) is 5.69 Å². The summed E-state index contributed by atoms with van der Waals surface area (Å²) >= 11 is 0. The van der Waals surface area contributed by atoms with Crippen molar-refractivity contribution in [3.63, 3.8) is 0 Å². The molecular weight excluding hydrogens is 232 g/mol. The third kappa shape index (κ3) is 1.73. The van der Waals surface area contributed by atoms with Crippen molar-refractivity contribution in [1.82, 2.24) is 9.55 Å². The molecule has 3 heterocycles. The van der Waals surface area contributed by atoms with E-state index in [0.29, 0.717) is 6.61 Å². The molecule has 0 amide bonds. The van der Waals surface area contributed by atoms with E-state index in [9.17, 15) is 9.90 Å². The van der Waals surface area contributed by atoms with Gasteiger partial charge in [-0.1, -0.05) is 6.92 Å². The maximum atomic E-state index is 11.3. The Labute approximate surface area is 106 Å². The Balaban J connectivity index is 2.09.